The van der Waals surface area contributed by atoms with Crippen LogP contribution in [0.4, 0.5) is 5.69 Å². The molecule has 0 aliphatic heterocycles. The van der Waals surface area contributed by atoms with Crippen LogP contribution in [0.3, 0.4) is 0 Å². The van der Waals surface area contributed by atoms with Crippen LogP contribution in [0.15, 0.2) is 58.6 Å². The molecule has 31 heavy (non-hydrogen) atoms. The highest BCUT2D eigenvalue weighted by atomic mass is 35.5. The molecule has 2 aromatic heterocycles. The van der Waals surface area contributed by atoms with Gasteiger partial charge in [-0.2, -0.15) is 5.10 Å². The first-order valence-corrected chi connectivity index (χ1v) is 11.1. The largest absolute Gasteiger partial charge is 0.325 e. The summed E-state index contributed by atoms with van der Waals surface area (Å²) in [4.78, 5) is 30.3. The summed E-state index contributed by atoms with van der Waals surface area (Å²) in [6, 6.07) is 13.0. The van der Waals surface area contributed by atoms with E-state index in [2.05, 4.69) is 20.5 Å². The highest BCUT2D eigenvalue weighted by Crippen LogP contribution is 2.24. The highest BCUT2D eigenvalue weighted by molar-refractivity contribution is 7.99. The molecule has 0 fully saturated rings. The van der Waals surface area contributed by atoms with Crippen molar-refractivity contribution in [1.29, 1.82) is 0 Å². The number of anilines is 1. The minimum absolute atomic E-state index is 0.0753. The number of nitrogens with zero attached hydrogens (tertiary/aromatic N) is 3. The van der Waals surface area contributed by atoms with Gasteiger partial charge in [-0.05, 0) is 42.7 Å². The predicted molar refractivity (Wildman–Crippen MR) is 124 cm³/mol. The van der Waals surface area contributed by atoms with Crippen LogP contribution in [0.25, 0.3) is 16.7 Å². The molecule has 4 aromatic rings. The van der Waals surface area contributed by atoms with E-state index < -0.39 is 0 Å². The second kappa shape index (κ2) is 8.95. The number of rotatable bonds is 6. The van der Waals surface area contributed by atoms with Gasteiger partial charge in [0.05, 0.1) is 17.6 Å². The van der Waals surface area contributed by atoms with Gasteiger partial charge in [-0.15, -0.1) is 0 Å². The average Bonchev–Trinajstić information content (AvgIpc) is 3.24. The van der Waals surface area contributed by atoms with E-state index in [1.54, 1.807) is 16.7 Å². The van der Waals surface area contributed by atoms with Crippen LogP contribution in [-0.4, -0.2) is 31.4 Å². The third-order valence-corrected chi connectivity index (χ3v) is 6.20. The van der Waals surface area contributed by atoms with Crippen molar-refractivity contribution in [2.75, 3.05) is 11.1 Å². The minimum Gasteiger partial charge on any atom is -0.325 e. The lowest BCUT2D eigenvalue weighted by molar-refractivity contribution is -0.113. The molecule has 0 atom stereocenters. The molecular weight excluding hydrogens is 434 g/mol. The minimum atomic E-state index is -0.229. The fourth-order valence-corrected chi connectivity index (χ4v) is 4.19. The number of aromatic nitrogens is 4. The highest BCUT2D eigenvalue weighted by Gasteiger charge is 2.17. The number of amides is 1. The summed E-state index contributed by atoms with van der Waals surface area (Å²) in [5.41, 5.74) is 3.47. The van der Waals surface area contributed by atoms with Gasteiger partial charge in [-0.25, -0.2) is 4.98 Å². The lowest BCUT2D eigenvalue weighted by Crippen LogP contribution is -2.23. The number of carbonyl (C=O) groups excluding carboxylic acids is 1. The Morgan fingerprint density at radius 2 is 2.06 bits per heavy atom. The van der Waals surface area contributed by atoms with Gasteiger partial charge in [0.2, 0.25) is 5.91 Å². The van der Waals surface area contributed by atoms with Crippen molar-refractivity contribution in [3.8, 4) is 5.69 Å². The lowest BCUT2D eigenvalue weighted by atomic mass is 10.1. The van der Waals surface area contributed by atoms with E-state index in [1.165, 1.54) is 18.0 Å². The van der Waals surface area contributed by atoms with Gasteiger partial charge in [-0.3, -0.25) is 19.3 Å². The zero-order valence-corrected chi connectivity index (χ0v) is 18.5. The summed E-state index contributed by atoms with van der Waals surface area (Å²) in [6.07, 6.45) is 2.23. The molecule has 2 heterocycles. The first-order chi connectivity index (χ1) is 15.0. The van der Waals surface area contributed by atoms with E-state index in [-0.39, 0.29) is 17.2 Å². The van der Waals surface area contributed by atoms with Crippen molar-refractivity contribution in [2.45, 2.75) is 25.4 Å². The van der Waals surface area contributed by atoms with Gasteiger partial charge < -0.3 is 5.32 Å². The van der Waals surface area contributed by atoms with Crippen molar-refractivity contribution >= 4 is 46.0 Å². The maximum atomic E-state index is 13.2. The topological polar surface area (TPSA) is 92.7 Å². The van der Waals surface area contributed by atoms with Crippen molar-refractivity contribution in [2.24, 2.45) is 0 Å². The molecule has 0 spiro atoms. The number of thioether (sulfide) groups is 1. The number of halogens is 1. The normalized spacial score (nSPS) is 11.1. The fraction of sp³-hybridized carbons (Fsp3) is 0.182. The van der Waals surface area contributed by atoms with E-state index in [0.29, 0.717) is 26.9 Å². The Balaban J connectivity index is 1.66. The molecule has 0 saturated carbocycles. The fourth-order valence-electron chi connectivity index (χ4n) is 3.21. The van der Waals surface area contributed by atoms with Crippen molar-refractivity contribution < 1.29 is 4.79 Å². The summed E-state index contributed by atoms with van der Waals surface area (Å²) >= 11 is 7.32. The molecule has 2 N–H and O–H groups in total. The Labute approximate surface area is 187 Å². The molecule has 0 aliphatic carbocycles. The molecule has 1 amide bonds. The van der Waals surface area contributed by atoms with Gasteiger partial charge in [0.25, 0.3) is 5.56 Å². The number of hydrogen-bond donors (Lipinski definition) is 2. The maximum absolute atomic E-state index is 13.2. The smallest absolute Gasteiger partial charge is 0.269 e. The van der Waals surface area contributed by atoms with E-state index in [9.17, 15) is 9.59 Å². The number of para-hydroxylation sites is 1. The summed E-state index contributed by atoms with van der Waals surface area (Å²) in [5.74, 6) is -0.148. The Hall–Kier alpha value is -3.10. The number of benzene rings is 2. The molecule has 0 unspecified atom stereocenters. The molecule has 158 valence electrons. The Morgan fingerprint density at radius 1 is 1.26 bits per heavy atom. The maximum Gasteiger partial charge on any atom is 0.269 e. The first kappa shape index (κ1) is 21.1. The van der Waals surface area contributed by atoms with E-state index >= 15 is 0 Å². The number of aryl methyl sites for hydroxylation is 2. The Kier molecular flexibility index (Phi) is 6.11. The predicted octanol–water partition coefficient (Wildman–Crippen LogP) is 4.36. The van der Waals surface area contributed by atoms with E-state index in [4.69, 9.17) is 11.6 Å². The molecule has 0 bridgehead atoms. The van der Waals surface area contributed by atoms with Gasteiger partial charge in [0.1, 0.15) is 5.39 Å². The number of aromatic amines is 1. The molecule has 0 radical (unpaired) electrons. The third-order valence-electron chi connectivity index (χ3n) is 4.85. The van der Waals surface area contributed by atoms with Gasteiger partial charge >= 0.3 is 0 Å². The molecular formula is C22H20ClN5O2S. The second-order valence-electron chi connectivity index (χ2n) is 6.95. The van der Waals surface area contributed by atoms with Gasteiger partial charge in [-0.1, -0.05) is 54.6 Å². The number of hydrogen-bond acceptors (Lipinski definition) is 5. The van der Waals surface area contributed by atoms with Crippen LogP contribution in [-0.2, 0) is 11.2 Å². The van der Waals surface area contributed by atoms with Crippen LogP contribution in [0.2, 0.25) is 5.02 Å². The zero-order chi connectivity index (χ0) is 22.0. The Bertz CT molecular complexity index is 1330. The monoisotopic (exact) mass is 453 g/mol. The number of carbonyl (C=O) groups is 1. The summed E-state index contributed by atoms with van der Waals surface area (Å²) in [7, 11) is 0. The van der Waals surface area contributed by atoms with Crippen molar-refractivity contribution in [3.05, 3.63) is 75.2 Å². The Morgan fingerprint density at radius 3 is 2.84 bits per heavy atom. The number of H-pyrrole nitrogens is 1. The first-order valence-electron chi connectivity index (χ1n) is 9.71. The zero-order valence-electron chi connectivity index (χ0n) is 17.0. The summed E-state index contributed by atoms with van der Waals surface area (Å²) in [6.45, 7) is 3.93. The SMILES string of the molecule is CCc1ccccc1-n1c(SCC(=O)Nc2ccc(C)c(Cl)c2)nc2[nH]ncc2c1=O. The van der Waals surface area contributed by atoms with Crippen LogP contribution in [0.5, 0.6) is 0 Å². The van der Waals surface area contributed by atoms with E-state index in [1.807, 2.05) is 44.2 Å². The molecule has 9 heteroatoms. The molecule has 0 aliphatic rings. The molecule has 0 saturated heterocycles. The third kappa shape index (κ3) is 4.35. The van der Waals surface area contributed by atoms with Crippen molar-refractivity contribution in [1.82, 2.24) is 19.7 Å². The molecule has 7 nitrogen and oxygen atoms in total. The average molecular weight is 454 g/mol. The van der Waals surface area contributed by atoms with Crippen molar-refractivity contribution in [3.63, 3.8) is 0 Å². The van der Waals surface area contributed by atoms with Gasteiger partial charge in [0, 0.05) is 10.7 Å². The van der Waals surface area contributed by atoms with Crippen LogP contribution < -0.4 is 10.9 Å². The molecule has 2 aromatic carbocycles. The second-order valence-corrected chi connectivity index (χ2v) is 8.30. The summed E-state index contributed by atoms with van der Waals surface area (Å²) in [5, 5.41) is 10.9. The van der Waals surface area contributed by atoms with E-state index in [0.717, 1.165) is 23.2 Å². The van der Waals surface area contributed by atoms with Crippen LogP contribution in [0, 0.1) is 6.92 Å². The standard InChI is InChI=1S/C22H20ClN5O2S/c1-3-14-6-4-5-7-18(14)28-21(30)16-11-24-27-20(16)26-22(28)31-12-19(29)25-15-9-8-13(2)17(23)10-15/h4-11H,3,12H2,1-2H3,(H,24,27)(H,25,29). The molecule has 4 rings (SSSR count). The van der Waals surface area contributed by atoms with Crippen LogP contribution >= 0.6 is 23.4 Å². The van der Waals surface area contributed by atoms with Gasteiger partial charge in [0.15, 0.2) is 10.8 Å². The lowest BCUT2D eigenvalue weighted by Gasteiger charge is -2.15. The van der Waals surface area contributed by atoms with Crippen LogP contribution in [0.1, 0.15) is 18.1 Å². The quantitative estimate of drug-likeness (QED) is 0.334. The number of fused-ring (bicyclic) bond motifs is 1. The summed E-state index contributed by atoms with van der Waals surface area (Å²) < 4.78 is 1.55. The number of nitrogens with one attached hydrogen (secondary N) is 2.